The maximum absolute atomic E-state index is 13.1. The molecule has 1 aromatic carbocycles. The lowest BCUT2D eigenvalue weighted by Gasteiger charge is -2.44. The molecule has 176 valence electrons. The van der Waals surface area contributed by atoms with Crippen molar-refractivity contribution in [2.45, 2.75) is 62.9 Å². The number of fused-ring (bicyclic) bond motifs is 1. The van der Waals surface area contributed by atoms with E-state index in [-0.39, 0.29) is 49.9 Å². The van der Waals surface area contributed by atoms with Crippen LogP contribution in [0, 0.1) is 0 Å². The number of rotatable bonds is 3. The first-order valence-corrected chi connectivity index (χ1v) is 11.9. The molecule has 1 aromatic rings. The number of aliphatic hydroxyl groups is 1. The molecule has 3 amide bonds. The number of hydrogen-bond donors (Lipinski definition) is 2. The summed E-state index contributed by atoms with van der Waals surface area (Å²) in [5.41, 5.74) is 0.591. The molecule has 0 saturated carbocycles. The summed E-state index contributed by atoms with van der Waals surface area (Å²) in [6, 6.07) is 6.40. The van der Waals surface area contributed by atoms with Gasteiger partial charge in [-0.25, -0.2) is 4.79 Å². The lowest BCUT2D eigenvalue weighted by atomic mass is 9.94. The van der Waals surface area contributed by atoms with E-state index in [4.69, 9.17) is 21.1 Å². The normalized spacial score (nSPS) is 28.9. The fraction of sp³-hybridized carbons (Fsp3) is 0.652. The highest BCUT2D eigenvalue weighted by atomic mass is 35.5. The number of ether oxygens (including phenoxy) is 2. The summed E-state index contributed by atoms with van der Waals surface area (Å²) in [6.07, 6.45) is 3.73. The van der Waals surface area contributed by atoms with E-state index in [9.17, 15) is 14.7 Å². The van der Waals surface area contributed by atoms with Crippen LogP contribution in [0.4, 0.5) is 10.5 Å². The summed E-state index contributed by atoms with van der Waals surface area (Å²) in [6.45, 7) is 2.21. The second-order valence-corrected chi connectivity index (χ2v) is 9.31. The van der Waals surface area contributed by atoms with Gasteiger partial charge in [-0.2, -0.15) is 0 Å². The third-order valence-electron chi connectivity index (χ3n) is 6.43. The van der Waals surface area contributed by atoms with E-state index in [0.717, 1.165) is 25.9 Å². The van der Waals surface area contributed by atoms with E-state index in [1.54, 1.807) is 29.2 Å². The van der Waals surface area contributed by atoms with Crippen molar-refractivity contribution in [2.75, 3.05) is 38.2 Å². The Kier molecular flexibility index (Phi) is 7.88. The summed E-state index contributed by atoms with van der Waals surface area (Å²) >= 11 is 6.04. The molecule has 8 nitrogen and oxygen atoms in total. The highest BCUT2D eigenvalue weighted by molar-refractivity contribution is 6.30. The number of carbonyl (C=O) groups excluding carboxylic acids is 2. The van der Waals surface area contributed by atoms with Crippen LogP contribution in [0.2, 0.25) is 5.02 Å². The molecule has 32 heavy (non-hydrogen) atoms. The van der Waals surface area contributed by atoms with Crippen molar-refractivity contribution in [1.82, 2.24) is 9.80 Å². The van der Waals surface area contributed by atoms with E-state index in [1.807, 2.05) is 4.90 Å². The van der Waals surface area contributed by atoms with Gasteiger partial charge in [0.15, 0.2) is 0 Å². The summed E-state index contributed by atoms with van der Waals surface area (Å²) < 4.78 is 11.9. The van der Waals surface area contributed by atoms with Crippen LogP contribution in [-0.4, -0.2) is 84.0 Å². The molecule has 3 fully saturated rings. The van der Waals surface area contributed by atoms with Gasteiger partial charge in [-0.3, -0.25) is 4.79 Å². The largest absolute Gasteiger partial charge is 0.389 e. The number of carbonyl (C=O) groups is 2. The van der Waals surface area contributed by atoms with E-state index in [2.05, 4.69) is 5.32 Å². The van der Waals surface area contributed by atoms with Crippen LogP contribution in [0.25, 0.3) is 0 Å². The molecular formula is C23H32ClN3O5. The van der Waals surface area contributed by atoms with Crippen molar-refractivity contribution in [2.24, 2.45) is 0 Å². The number of anilines is 1. The van der Waals surface area contributed by atoms with Gasteiger partial charge in [-0.05, 0) is 50.3 Å². The Hall–Kier alpha value is -1.87. The van der Waals surface area contributed by atoms with Gasteiger partial charge in [0, 0.05) is 23.8 Å². The van der Waals surface area contributed by atoms with Crippen LogP contribution in [0.15, 0.2) is 24.3 Å². The van der Waals surface area contributed by atoms with Gasteiger partial charge >= 0.3 is 6.03 Å². The molecule has 0 aromatic heterocycles. The molecular weight excluding hydrogens is 434 g/mol. The molecule has 0 bridgehead atoms. The van der Waals surface area contributed by atoms with Crippen LogP contribution >= 0.6 is 11.6 Å². The Labute approximate surface area is 193 Å². The van der Waals surface area contributed by atoms with Crippen molar-refractivity contribution < 1.29 is 24.2 Å². The minimum absolute atomic E-state index is 0.130. The SMILES string of the molecule is O=C(C[C@H]1CC[C@H]2[C@@H](COC[C@@H](O)CN2C(=O)Nc2cccc(Cl)c2)O1)N1CCCCC1. The van der Waals surface area contributed by atoms with Gasteiger partial charge in [-0.1, -0.05) is 17.7 Å². The van der Waals surface area contributed by atoms with Crippen LogP contribution in [0.3, 0.4) is 0 Å². The predicted octanol–water partition coefficient (Wildman–Crippen LogP) is 2.88. The molecule has 3 aliphatic rings. The van der Waals surface area contributed by atoms with Crippen molar-refractivity contribution in [3.63, 3.8) is 0 Å². The van der Waals surface area contributed by atoms with E-state index in [0.29, 0.717) is 30.0 Å². The molecule has 2 N–H and O–H groups in total. The average Bonchev–Trinajstić information content (AvgIpc) is 2.77. The minimum atomic E-state index is -0.778. The number of halogens is 1. The number of likely N-dealkylation sites (tertiary alicyclic amines) is 1. The summed E-state index contributed by atoms with van der Waals surface area (Å²) in [4.78, 5) is 29.4. The molecule has 9 heteroatoms. The number of piperidine rings is 1. The lowest BCUT2D eigenvalue weighted by molar-refractivity contribution is -0.154. The number of nitrogens with one attached hydrogen (secondary N) is 1. The molecule has 0 spiro atoms. The topological polar surface area (TPSA) is 91.3 Å². The average molecular weight is 466 g/mol. The van der Waals surface area contributed by atoms with E-state index < -0.39 is 6.10 Å². The zero-order chi connectivity index (χ0) is 22.5. The summed E-state index contributed by atoms with van der Waals surface area (Å²) in [5, 5.41) is 13.7. The molecule has 3 aliphatic heterocycles. The lowest BCUT2D eigenvalue weighted by Crippen LogP contribution is -2.58. The third-order valence-corrected chi connectivity index (χ3v) is 6.66. The number of aliphatic hydroxyl groups excluding tert-OH is 1. The van der Waals surface area contributed by atoms with Gasteiger partial charge in [0.2, 0.25) is 5.91 Å². The maximum atomic E-state index is 13.1. The Balaban J connectivity index is 1.41. The fourth-order valence-electron chi connectivity index (χ4n) is 4.80. The molecule has 0 radical (unpaired) electrons. The third kappa shape index (κ3) is 5.92. The first kappa shape index (κ1) is 23.3. The zero-order valence-electron chi connectivity index (χ0n) is 18.2. The first-order valence-electron chi connectivity index (χ1n) is 11.5. The molecule has 0 unspecified atom stereocenters. The fourth-order valence-corrected chi connectivity index (χ4v) is 4.99. The second-order valence-electron chi connectivity index (χ2n) is 8.87. The number of β-amino-alcohol motifs (C(OH)–C–C–N with tert-alkyl or cyclic N) is 1. The van der Waals surface area contributed by atoms with Gasteiger partial charge in [0.1, 0.15) is 6.10 Å². The van der Waals surface area contributed by atoms with Crippen LogP contribution < -0.4 is 5.32 Å². The Morgan fingerprint density at radius 3 is 2.75 bits per heavy atom. The molecule has 4 atom stereocenters. The first-order chi connectivity index (χ1) is 15.5. The number of hydrogen-bond acceptors (Lipinski definition) is 5. The standard InChI is InChI=1S/C23H32ClN3O5/c24-16-5-4-6-17(11-16)25-23(30)27-13-18(28)14-31-15-21-20(27)8-7-19(32-21)12-22(29)26-9-2-1-3-10-26/h4-6,11,18-21,28H,1-3,7-10,12-15H2,(H,25,30)/t18-,19+,20-,21+/m0/s1. The van der Waals surface area contributed by atoms with Gasteiger partial charge in [0.05, 0.1) is 44.4 Å². The van der Waals surface area contributed by atoms with Gasteiger partial charge in [0.25, 0.3) is 0 Å². The quantitative estimate of drug-likeness (QED) is 0.716. The number of nitrogens with zero attached hydrogens (tertiary/aromatic N) is 2. The highest BCUT2D eigenvalue weighted by Gasteiger charge is 2.40. The monoisotopic (exact) mass is 465 g/mol. The second kappa shape index (κ2) is 10.8. The van der Waals surface area contributed by atoms with Crippen molar-refractivity contribution in [3.8, 4) is 0 Å². The Morgan fingerprint density at radius 2 is 1.97 bits per heavy atom. The highest BCUT2D eigenvalue weighted by Crippen LogP contribution is 2.29. The number of urea groups is 1. The smallest absolute Gasteiger partial charge is 0.322 e. The maximum Gasteiger partial charge on any atom is 0.322 e. The predicted molar refractivity (Wildman–Crippen MR) is 121 cm³/mol. The van der Waals surface area contributed by atoms with Crippen molar-refractivity contribution in [1.29, 1.82) is 0 Å². The van der Waals surface area contributed by atoms with Gasteiger partial charge < -0.3 is 29.7 Å². The van der Waals surface area contributed by atoms with Gasteiger partial charge in [-0.15, -0.1) is 0 Å². The van der Waals surface area contributed by atoms with Crippen molar-refractivity contribution >= 4 is 29.2 Å². The van der Waals surface area contributed by atoms with E-state index >= 15 is 0 Å². The molecule has 0 aliphatic carbocycles. The minimum Gasteiger partial charge on any atom is -0.389 e. The Morgan fingerprint density at radius 1 is 1.16 bits per heavy atom. The molecule has 3 saturated heterocycles. The Bertz CT molecular complexity index is 804. The van der Waals surface area contributed by atoms with Crippen LogP contribution in [0.1, 0.15) is 38.5 Å². The van der Waals surface area contributed by atoms with E-state index in [1.165, 1.54) is 6.42 Å². The summed E-state index contributed by atoms with van der Waals surface area (Å²) in [7, 11) is 0. The number of benzene rings is 1. The summed E-state index contributed by atoms with van der Waals surface area (Å²) in [5.74, 6) is 0.144. The molecule has 3 heterocycles. The van der Waals surface area contributed by atoms with Crippen LogP contribution in [0.5, 0.6) is 0 Å². The number of amides is 3. The zero-order valence-corrected chi connectivity index (χ0v) is 19.0. The van der Waals surface area contributed by atoms with Crippen molar-refractivity contribution in [3.05, 3.63) is 29.3 Å². The molecule has 4 rings (SSSR count). The van der Waals surface area contributed by atoms with Crippen LogP contribution in [-0.2, 0) is 14.3 Å².